The van der Waals surface area contributed by atoms with E-state index in [-0.39, 0.29) is 0 Å². The third-order valence-corrected chi connectivity index (χ3v) is 4.27. The van der Waals surface area contributed by atoms with Crippen LogP contribution in [0, 0.1) is 0 Å². The topological polar surface area (TPSA) is 23.6 Å². The van der Waals surface area contributed by atoms with Gasteiger partial charge >= 0.3 is 0 Å². The van der Waals surface area contributed by atoms with Gasteiger partial charge in [-0.25, -0.2) is 0 Å². The van der Waals surface area contributed by atoms with Gasteiger partial charge in [0.1, 0.15) is 0 Å². The number of amides is 1. The van der Waals surface area contributed by atoms with E-state index in [9.17, 15) is 4.79 Å². The van der Waals surface area contributed by atoms with Crippen molar-refractivity contribution in [3.63, 3.8) is 0 Å². The van der Waals surface area contributed by atoms with Crippen LogP contribution in [0.1, 0.15) is 84.0 Å². The molecule has 3 heteroatoms. The molecule has 0 rings (SSSR count). The first-order valence-electron chi connectivity index (χ1n) is 9.46. The summed E-state index contributed by atoms with van der Waals surface area (Å²) in [5.74, 6) is 0.318. The highest BCUT2D eigenvalue weighted by molar-refractivity contribution is 5.75. The Hall–Kier alpha value is -0.570. The first-order chi connectivity index (χ1) is 10.6. The van der Waals surface area contributed by atoms with Gasteiger partial charge in [-0.3, -0.25) is 4.79 Å². The van der Waals surface area contributed by atoms with E-state index in [2.05, 4.69) is 25.9 Å². The minimum atomic E-state index is 0.318. The lowest BCUT2D eigenvalue weighted by Crippen LogP contribution is -2.29. The number of carbonyl (C=O) groups is 1. The average Bonchev–Trinajstić information content (AvgIpc) is 2.48. The number of rotatable bonds is 15. The summed E-state index contributed by atoms with van der Waals surface area (Å²) in [5.41, 5.74) is 0. The lowest BCUT2D eigenvalue weighted by Gasteiger charge is -2.18. The number of nitrogens with zero attached hydrogens (tertiary/aromatic N) is 2. The Balaban J connectivity index is 3.33. The summed E-state index contributed by atoms with van der Waals surface area (Å²) in [4.78, 5) is 16.0. The molecule has 3 nitrogen and oxygen atoms in total. The van der Waals surface area contributed by atoms with E-state index in [0.717, 1.165) is 32.4 Å². The number of carbonyl (C=O) groups excluding carboxylic acids is 1. The van der Waals surface area contributed by atoms with Crippen molar-refractivity contribution in [2.75, 3.05) is 34.2 Å². The van der Waals surface area contributed by atoms with Gasteiger partial charge in [-0.1, -0.05) is 64.7 Å². The average molecular weight is 313 g/mol. The van der Waals surface area contributed by atoms with E-state index < -0.39 is 0 Å². The van der Waals surface area contributed by atoms with Crippen LogP contribution in [-0.2, 0) is 4.79 Å². The molecule has 0 aliphatic heterocycles. The van der Waals surface area contributed by atoms with Gasteiger partial charge in [0, 0.05) is 20.0 Å². The Labute approximate surface area is 139 Å². The Bertz CT molecular complexity index is 254. The molecule has 0 aromatic heterocycles. The van der Waals surface area contributed by atoms with Crippen molar-refractivity contribution in [2.24, 2.45) is 0 Å². The van der Waals surface area contributed by atoms with Gasteiger partial charge in [0.2, 0.25) is 5.91 Å². The molecule has 0 fully saturated rings. The maximum Gasteiger partial charge on any atom is 0.222 e. The van der Waals surface area contributed by atoms with Crippen LogP contribution in [0.15, 0.2) is 0 Å². The zero-order valence-corrected chi connectivity index (χ0v) is 15.7. The second-order valence-corrected chi connectivity index (χ2v) is 6.90. The van der Waals surface area contributed by atoms with Gasteiger partial charge in [-0.05, 0) is 33.5 Å². The molecule has 0 heterocycles. The monoisotopic (exact) mass is 312 g/mol. The molecule has 0 bridgehead atoms. The molecule has 22 heavy (non-hydrogen) atoms. The third kappa shape index (κ3) is 14.4. The zero-order chi connectivity index (χ0) is 16.6. The summed E-state index contributed by atoms with van der Waals surface area (Å²) >= 11 is 0. The van der Waals surface area contributed by atoms with Crippen molar-refractivity contribution < 1.29 is 4.79 Å². The standard InChI is InChI=1S/C19H40N2O/c1-5-6-7-8-9-10-11-12-13-14-16-19(22)21(4)18-15-17-20(2)3/h5-18H2,1-4H3. The molecule has 0 unspecified atom stereocenters. The summed E-state index contributed by atoms with van der Waals surface area (Å²) in [6, 6.07) is 0. The highest BCUT2D eigenvalue weighted by Gasteiger charge is 2.07. The largest absolute Gasteiger partial charge is 0.346 e. The molecule has 0 spiro atoms. The van der Waals surface area contributed by atoms with Crippen molar-refractivity contribution in [3.05, 3.63) is 0 Å². The van der Waals surface area contributed by atoms with E-state index in [1.807, 2.05) is 11.9 Å². The van der Waals surface area contributed by atoms with Crippen LogP contribution >= 0.6 is 0 Å². The highest BCUT2D eigenvalue weighted by Crippen LogP contribution is 2.11. The number of unbranched alkanes of at least 4 members (excludes halogenated alkanes) is 9. The molecule has 0 atom stereocenters. The van der Waals surface area contributed by atoms with Crippen LogP contribution in [-0.4, -0.2) is 49.9 Å². The van der Waals surface area contributed by atoms with Crippen LogP contribution in [0.4, 0.5) is 0 Å². The van der Waals surface area contributed by atoms with Gasteiger partial charge < -0.3 is 9.80 Å². The smallest absolute Gasteiger partial charge is 0.222 e. The fourth-order valence-electron chi connectivity index (χ4n) is 2.70. The fraction of sp³-hybridized carbons (Fsp3) is 0.947. The fourth-order valence-corrected chi connectivity index (χ4v) is 2.70. The molecule has 0 aromatic carbocycles. The molecule has 0 aliphatic rings. The summed E-state index contributed by atoms with van der Waals surface area (Å²) < 4.78 is 0. The van der Waals surface area contributed by atoms with E-state index in [4.69, 9.17) is 0 Å². The molecule has 0 radical (unpaired) electrons. The molecule has 0 aromatic rings. The zero-order valence-electron chi connectivity index (χ0n) is 15.7. The maximum absolute atomic E-state index is 12.0. The van der Waals surface area contributed by atoms with E-state index in [1.165, 1.54) is 57.8 Å². The van der Waals surface area contributed by atoms with Crippen molar-refractivity contribution in [1.29, 1.82) is 0 Å². The van der Waals surface area contributed by atoms with Gasteiger partial charge in [-0.2, -0.15) is 0 Å². The third-order valence-electron chi connectivity index (χ3n) is 4.27. The summed E-state index contributed by atoms with van der Waals surface area (Å²) in [6.45, 7) is 4.20. The SMILES string of the molecule is CCCCCCCCCCCCC(=O)N(C)CCCN(C)C. The van der Waals surface area contributed by atoms with Gasteiger partial charge in [-0.15, -0.1) is 0 Å². The highest BCUT2D eigenvalue weighted by atomic mass is 16.2. The molecule has 0 saturated heterocycles. The molecular weight excluding hydrogens is 272 g/mol. The lowest BCUT2D eigenvalue weighted by atomic mass is 10.1. The second kappa shape index (κ2) is 15.3. The quantitative estimate of drug-likeness (QED) is 0.409. The summed E-state index contributed by atoms with van der Waals surface area (Å²) in [7, 11) is 6.09. The Kier molecular flexibility index (Phi) is 14.9. The first kappa shape index (κ1) is 21.4. The molecule has 0 saturated carbocycles. The van der Waals surface area contributed by atoms with Gasteiger partial charge in [0.05, 0.1) is 0 Å². The molecular formula is C19H40N2O. The Morgan fingerprint density at radius 3 is 1.68 bits per heavy atom. The summed E-state index contributed by atoms with van der Waals surface area (Å²) in [5, 5.41) is 0. The van der Waals surface area contributed by atoms with Crippen molar-refractivity contribution in [3.8, 4) is 0 Å². The summed E-state index contributed by atoms with van der Waals surface area (Å²) in [6.07, 6.45) is 15.0. The van der Waals surface area contributed by atoms with Crippen molar-refractivity contribution in [1.82, 2.24) is 9.80 Å². The van der Waals surface area contributed by atoms with Crippen LogP contribution < -0.4 is 0 Å². The van der Waals surface area contributed by atoms with Crippen molar-refractivity contribution in [2.45, 2.75) is 84.0 Å². The van der Waals surface area contributed by atoms with Gasteiger partial charge in [0.15, 0.2) is 0 Å². The lowest BCUT2D eigenvalue weighted by molar-refractivity contribution is -0.130. The predicted octanol–water partition coefficient (Wildman–Crippen LogP) is 4.71. The number of hydrogen-bond acceptors (Lipinski definition) is 2. The van der Waals surface area contributed by atoms with Crippen LogP contribution in [0.3, 0.4) is 0 Å². The Morgan fingerprint density at radius 2 is 1.18 bits per heavy atom. The van der Waals surface area contributed by atoms with Crippen molar-refractivity contribution >= 4 is 5.91 Å². The second-order valence-electron chi connectivity index (χ2n) is 6.90. The maximum atomic E-state index is 12.0. The number of hydrogen-bond donors (Lipinski definition) is 0. The van der Waals surface area contributed by atoms with Crippen LogP contribution in [0.25, 0.3) is 0 Å². The first-order valence-corrected chi connectivity index (χ1v) is 9.46. The van der Waals surface area contributed by atoms with Crippen LogP contribution in [0.5, 0.6) is 0 Å². The minimum Gasteiger partial charge on any atom is -0.346 e. The molecule has 1 amide bonds. The van der Waals surface area contributed by atoms with E-state index in [0.29, 0.717) is 5.91 Å². The normalized spacial score (nSPS) is 11.1. The predicted molar refractivity (Wildman–Crippen MR) is 97.3 cm³/mol. The van der Waals surface area contributed by atoms with E-state index in [1.54, 1.807) is 0 Å². The molecule has 0 aliphatic carbocycles. The molecule has 0 N–H and O–H groups in total. The van der Waals surface area contributed by atoms with Crippen LogP contribution in [0.2, 0.25) is 0 Å². The minimum absolute atomic E-state index is 0.318. The Morgan fingerprint density at radius 1 is 0.682 bits per heavy atom. The molecule has 132 valence electrons. The van der Waals surface area contributed by atoms with E-state index >= 15 is 0 Å². The van der Waals surface area contributed by atoms with Gasteiger partial charge in [0.25, 0.3) is 0 Å².